The lowest BCUT2D eigenvalue weighted by atomic mass is 9.97. The lowest BCUT2D eigenvalue weighted by Crippen LogP contribution is -2.24. The Morgan fingerprint density at radius 2 is 1.26 bits per heavy atom. The highest BCUT2D eigenvalue weighted by molar-refractivity contribution is 8.14. The molecular formula is C40H34O6S. The van der Waals surface area contributed by atoms with Crippen LogP contribution >= 0.6 is 11.8 Å². The third kappa shape index (κ3) is 10.8. The van der Waals surface area contributed by atoms with E-state index in [9.17, 15) is 14.4 Å². The van der Waals surface area contributed by atoms with E-state index < -0.39 is 11.4 Å². The average molecular weight is 643 g/mol. The zero-order chi connectivity index (χ0) is 33.8. The van der Waals surface area contributed by atoms with Crippen LogP contribution < -0.4 is 9.47 Å². The van der Waals surface area contributed by atoms with E-state index in [0.29, 0.717) is 22.6 Å². The minimum Gasteiger partial charge on any atom is -0.490 e. The van der Waals surface area contributed by atoms with Gasteiger partial charge >= 0.3 is 11.9 Å². The van der Waals surface area contributed by atoms with Gasteiger partial charge in [-0.15, -0.1) is 0 Å². The number of aryl methyl sites for hydroxylation is 1. The number of esters is 2. The van der Waals surface area contributed by atoms with Crippen molar-refractivity contribution in [3.8, 4) is 35.2 Å². The lowest BCUT2D eigenvalue weighted by molar-refractivity contribution is -0.153. The van der Waals surface area contributed by atoms with Gasteiger partial charge in [-0.05, 0) is 136 Å². The van der Waals surface area contributed by atoms with E-state index in [1.807, 2.05) is 93.6 Å². The molecule has 47 heavy (non-hydrogen) atoms. The first-order valence-electron chi connectivity index (χ1n) is 14.8. The molecule has 0 spiro atoms. The summed E-state index contributed by atoms with van der Waals surface area (Å²) >= 11 is 1.12. The van der Waals surface area contributed by atoms with E-state index >= 15 is 0 Å². The van der Waals surface area contributed by atoms with Gasteiger partial charge in [0.25, 0.3) is 0 Å². The van der Waals surface area contributed by atoms with Crippen molar-refractivity contribution in [2.75, 3.05) is 13.2 Å². The van der Waals surface area contributed by atoms with Gasteiger partial charge in [-0.2, -0.15) is 0 Å². The largest absolute Gasteiger partial charge is 0.490 e. The summed E-state index contributed by atoms with van der Waals surface area (Å²) in [5.41, 5.74) is 4.07. The summed E-state index contributed by atoms with van der Waals surface area (Å²) in [4.78, 5) is 36.8. The number of carbonyl (C=O) groups is 3. The van der Waals surface area contributed by atoms with E-state index in [4.69, 9.17) is 14.2 Å². The van der Waals surface area contributed by atoms with Crippen LogP contribution in [0, 0.1) is 36.0 Å². The maximum atomic E-state index is 12.8. The summed E-state index contributed by atoms with van der Waals surface area (Å²) in [6.07, 6.45) is 1.09. The number of benzene rings is 4. The second kappa shape index (κ2) is 16.2. The first-order chi connectivity index (χ1) is 22.5. The SMILES string of the molecule is C=CC(=O)Oc1ccc(C(=O)Sc2ccc(C#Cc3ccc(C#Cc4ccc(OCCOC(=O)C(C)(C)C)cc4)cc3)cc2)cc1C. The highest BCUT2D eigenvalue weighted by Crippen LogP contribution is 2.26. The number of hydrogen-bond donors (Lipinski definition) is 0. The molecule has 6 nitrogen and oxygen atoms in total. The standard InChI is InChI=1S/C40H34O6S/c1-6-37(41)46-36-24-19-33(27-28(36)2)38(42)47-35-22-17-32(18-23-35)14-12-30-9-7-29(8-10-30)11-13-31-15-20-34(21-16-31)44-25-26-45-39(43)40(3,4)5/h6-10,15-24,27H,1,25-26H2,2-5H3. The van der Waals surface area contributed by atoms with Crippen molar-refractivity contribution in [1.82, 2.24) is 0 Å². The molecule has 0 atom stereocenters. The van der Waals surface area contributed by atoms with E-state index in [0.717, 1.165) is 45.0 Å². The second-order valence-electron chi connectivity index (χ2n) is 11.4. The predicted molar refractivity (Wildman–Crippen MR) is 184 cm³/mol. The van der Waals surface area contributed by atoms with Crippen LogP contribution in [0.2, 0.25) is 0 Å². The Kier molecular flexibility index (Phi) is 11.8. The number of carbonyl (C=O) groups excluding carboxylic acids is 3. The molecule has 4 aromatic carbocycles. The highest BCUT2D eigenvalue weighted by atomic mass is 32.2. The Bertz CT molecular complexity index is 1880. The molecule has 4 rings (SSSR count). The van der Waals surface area contributed by atoms with Crippen molar-refractivity contribution in [3.63, 3.8) is 0 Å². The molecule has 0 unspecified atom stereocenters. The maximum absolute atomic E-state index is 12.8. The fraction of sp³-hybridized carbons (Fsp3) is 0.175. The molecule has 0 aromatic heterocycles. The third-order valence-corrected chi connectivity index (χ3v) is 7.42. The van der Waals surface area contributed by atoms with Crippen LogP contribution in [-0.4, -0.2) is 30.3 Å². The van der Waals surface area contributed by atoms with Gasteiger partial charge in [0.1, 0.15) is 24.7 Å². The molecule has 0 aliphatic carbocycles. The average Bonchev–Trinajstić information content (AvgIpc) is 3.06. The van der Waals surface area contributed by atoms with E-state index in [2.05, 4.69) is 30.3 Å². The molecular weight excluding hydrogens is 609 g/mol. The molecule has 0 N–H and O–H groups in total. The topological polar surface area (TPSA) is 78.9 Å². The normalized spacial score (nSPS) is 10.4. The molecule has 0 amide bonds. The number of thioether (sulfide) groups is 1. The molecule has 0 bridgehead atoms. The van der Waals surface area contributed by atoms with Gasteiger partial charge in [0.2, 0.25) is 5.12 Å². The van der Waals surface area contributed by atoms with E-state index in [-0.39, 0.29) is 24.3 Å². The first kappa shape index (κ1) is 34.4. The van der Waals surface area contributed by atoms with Crippen LogP contribution in [0.5, 0.6) is 11.5 Å². The Labute approximate surface area is 280 Å². The van der Waals surface area contributed by atoms with Crippen molar-refractivity contribution in [1.29, 1.82) is 0 Å². The van der Waals surface area contributed by atoms with Crippen LogP contribution in [0.15, 0.2) is 109 Å². The molecule has 0 radical (unpaired) electrons. The monoisotopic (exact) mass is 642 g/mol. The predicted octanol–water partition coefficient (Wildman–Crippen LogP) is 7.79. The van der Waals surface area contributed by atoms with E-state index in [1.54, 1.807) is 25.1 Å². The summed E-state index contributed by atoms with van der Waals surface area (Å²) in [5.74, 6) is 12.9. The molecule has 0 heterocycles. The van der Waals surface area contributed by atoms with Gasteiger partial charge in [-0.1, -0.05) is 30.3 Å². The Hall–Kier alpha value is -5.50. The van der Waals surface area contributed by atoms with E-state index in [1.165, 1.54) is 0 Å². The Morgan fingerprint density at radius 1 is 0.745 bits per heavy atom. The van der Waals surface area contributed by atoms with Crippen LogP contribution in [0.1, 0.15) is 58.9 Å². The van der Waals surface area contributed by atoms with Gasteiger partial charge in [-0.25, -0.2) is 4.79 Å². The molecule has 0 aliphatic heterocycles. The molecule has 0 fully saturated rings. The summed E-state index contributed by atoms with van der Waals surface area (Å²) in [5, 5.41) is -0.115. The summed E-state index contributed by atoms with van der Waals surface area (Å²) in [6.45, 7) is 11.1. The Balaban J connectivity index is 1.26. The molecule has 0 saturated heterocycles. The van der Waals surface area contributed by atoms with Gasteiger partial charge in [0.05, 0.1) is 5.41 Å². The molecule has 0 aliphatic rings. The van der Waals surface area contributed by atoms with Crippen LogP contribution in [-0.2, 0) is 14.3 Å². The summed E-state index contributed by atoms with van der Waals surface area (Å²) < 4.78 is 16.0. The zero-order valence-corrected chi connectivity index (χ0v) is 27.5. The van der Waals surface area contributed by atoms with Gasteiger partial charge in [0, 0.05) is 38.8 Å². The summed E-state index contributed by atoms with van der Waals surface area (Å²) in [7, 11) is 0. The van der Waals surface area contributed by atoms with Crippen LogP contribution in [0.4, 0.5) is 0 Å². The first-order valence-corrected chi connectivity index (χ1v) is 15.6. The highest BCUT2D eigenvalue weighted by Gasteiger charge is 2.22. The quantitative estimate of drug-likeness (QED) is 0.0485. The van der Waals surface area contributed by atoms with Crippen molar-refractivity contribution >= 4 is 28.8 Å². The van der Waals surface area contributed by atoms with Crippen molar-refractivity contribution in [2.45, 2.75) is 32.6 Å². The smallest absolute Gasteiger partial charge is 0.335 e. The van der Waals surface area contributed by atoms with Crippen molar-refractivity contribution in [2.24, 2.45) is 5.41 Å². The van der Waals surface area contributed by atoms with Gasteiger partial charge in [0.15, 0.2) is 0 Å². The van der Waals surface area contributed by atoms with Crippen molar-refractivity contribution in [3.05, 3.63) is 137 Å². The zero-order valence-electron chi connectivity index (χ0n) is 26.7. The minimum atomic E-state index is -0.548. The number of rotatable bonds is 8. The van der Waals surface area contributed by atoms with Crippen molar-refractivity contribution < 1.29 is 28.6 Å². The van der Waals surface area contributed by atoms with Crippen LogP contribution in [0.3, 0.4) is 0 Å². The molecule has 0 saturated carbocycles. The summed E-state index contributed by atoms with van der Waals surface area (Å²) in [6, 6.07) is 27.6. The molecule has 7 heteroatoms. The van der Waals surface area contributed by atoms with Crippen LogP contribution in [0.25, 0.3) is 0 Å². The van der Waals surface area contributed by atoms with Gasteiger partial charge in [-0.3, -0.25) is 9.59 Å². The minimum absolute atomic E-state index is 0.115. The maximum Gasteiger partial charge on any atom is 0.335 e. The number of hydrogen-bond acceptors (Lipinski definition) is 7. The fourth-order valence-corrected chi connectivity index (χ4v) is 4.61. The fourth-order valence-electron chi connectivity index (χ4n) is 3.88. The lowest BCUT2D eigenvalue weighted by Gasteiger charge is -2.16. The molecule has 4 aromatic rings. The molecule has 236 valence electrons. The second-order valence-corrected chi connectivity index (χ2v) is 12.4. The Morgan fingerprint density at radius 3 is 1.74 bits per heavy atom. The third-order valence-electron chi connectivity index (χ3n) is 6.49. The van der Waals surface area contributed by atoms with Gasteiger partial charge < -0.3 is 14.2 Å². The number of ether oxygens (including phenoxy) is 3.